The van der Waals surface area contributed by atoms with Crippen LogP contribution in [0.4, 0.5) is 0 Å². The van der Waals surface area contributed by atoms with Gasteiger partial charge < -0.3 is 38.8 Å². The van der Waals surface area contributed by atoms with Gasteiger partial charge in [0.25, 0.3) is 0 Å². The van der Waals surface area contributed by atoms with E-state index in [1.165, 1.54) is 192 Å². The second-order valence-corrected chi connectivity index (χ2v) is 28.4. The highest BCUT2D eigenvalue weighted by atomic mass is 16.6. The first-order valence-electron chi connectivity index (χ1n) is 38.4. The number of esters is 3. The van der Waals surface area contributed by atoms with E-state index in [0.717, 1.165) is 134 Å². The molecule has 2 N–H and O–H groups in total. The van der Waals surface area contributed by atoms with Gasteiger partial charge in [-0.25, -0.2) is 0 Å². The smallest absolute Gasteiger partial charge is 0.306 e. The zero-order chi connectivity index (χ0) is 63.1. The zero-order valence-corrected chi connectivity index (χ0v) is 58.1. The van der Waals surface area contributed by atoms with E-state index in [9.17, 15) is 24.6 Å². The Kier molecular flexibility index (Phi) is 45.5. The minimum atomic E-state index is -0.575. The van der Waals surface area contributed by atoms with Crippen molar-refractivity contribution in [1.82, 2.24) is 9.80 Å². The number of ether oxygens (including phenoxy) is 5. The van der Waals surface area contributed by atoms with Crippen molar-refractivity contribution in [1.29, 1.82) is 0 Å². The van der Waals surface area contributed by atoms with Gasteiger partial charge in [-0.15, -0.1) is 0 Å². The Labute approximate surface area is 541 Å². The summed E-state index contributed by atoms with van der Waals surface area (Å²) in [6, 6.07) is 0. The molecule has 0 aromatic rings. The number of aliphatic hydroxyl groups is 2. The monoisotopic (exact) mass is 1240 g/mol. The summed E-state index contributed by atoms with van der Waals surface area (Å²) >= 11 is 0. The number of unbranched alkanes of at least 4 members (excludes halogenated alkanes) is 26. The third kappa shape index (κ3) is 38.7. The highest BCUT2D eigenvalue weighted by molar-refractivity contribution is 5.70. The zero-order valence-electron chi connectivity index (χ0n) is 58.1. The van der Waals surface area contributed by atoms with Gasteiger partial charge in [0.05, 0.1) is 30.7 Å². The summed E-state index contributed by atoms with van der Waals surface area (Å²) in [6.45, 7) is 15.9. The van der Waals surface area contributed by atoms with Crippen LogP contribution in [0.15, 0.2) is 11.3 Å². The van der Waals surface area contributed by atoms with Gasteiger partial charge in [0.15, 0.2) is 0 Å². The van der Waals surface area contributed by atoms with Crippen LogP contribution in [0.5, 0.6) is 0 Å². The van der Waals surface area contributed by atoms with E-state index in [1.807, 2.05) is 6.92 Å². The van der Waals surface area contributed by atoms with Gasteiger partial charge in [-0.2, -0.15) is 0 Å². The second-order valence-electron chi connectivity index (χ2n) is 28.4. The average Bonchev–Trinajstić information content (AvgIpc) is 3.92. The van der Waals surface area contributed by atoms with Gasteiger partial charge in [-0.05, 0) is 147 Å². The van der Waals surface area contributed by atoms with E-state index < -0.39 is 12.2 Å². The van der Waals surface area contributed by atoms with Crippen LogP contribution in [-0.2, 0) is 38.1 Å². The number of carbonyl (C=O) groups is 3. The Morgan fingerprint density at radius 1 is 0.523 bits per heavy atom. The van der Waals surface area contributed by atoms with Crippen molar-refractivity contribution in [2.24, 2.45) is 11.8 Å². The van der Waals surface area contributed by atoms with Gasteiger partial charge in [-0.3, -0.25) is 19.3 Å². The molecule has 4 rings (SSSR count). The van der Waals surface area contributed by atoms with Crippen molar-refractivity contribution in [3.05, 3.63) is 11.3 Å². The second kappa shape index (κ2) is 51.2. The molecule has 514 valence electrons. The Balaban J connectivity index is 1.19. The first-order chi connectivity index (χ1) is 43.0. The summed E-state index contributed by atoms with van der Waals surface area (Å²) in [7, 11) is 0. The van der Waals surface area contributed by atoms with Crippen molar-refractivity contribution in [3.63, 3.8) is 0 Å². The number of cyclic esters (lactones) is 1. The fourth-order valence-corrected chi connectivity index (χ4v) is 14.0. The van der Waals surface area contributed by atoms with E-state index in [2.05, 4.69) is 37.5 Å². The molecule has 2 saturated heterocycles. The Bertz CT molecular complexity index is 1740. The van der Waals surface area contributed by atoms with Crippen LogP contribution in [0.1, 0.15) is 356 Å². The molecule has 6 unspecified atom stereocenters. The highest BCUT2D eigenvalue weighted by Gasteiger charge is 2.35. The van der Waals surface area contributed by atoms with Crippen LogP contribution < -0.4 is 0 Å². The first kappa shape index (κ1) is 78.2. The predicted octanol–water partition coefficient (Wildman–Crippen LogP) is 19.0. The van der Waals surface area contributed by atoms with Crippen LogP contribution in [0.25, 0.3) is 0 Å². The molecule has 0 bridgehead atoms. The summed E-state index contributed by atoms with van der Waals surface area (Å²) in [5.74, 6) is 2.23. The lowest BCUT2D eigenvalue weighted by molar-refractivity contribution is -0.155. The standard InChI is InChI=1S/C76H140N2O10/c1-6-10-14-18-22-24-26-31-41-66(64-53-54-64)58-77(59-67(79)44-32-27-25-23-19-15-11-7-2)55-39-49-72(65-42-37-43-65)86-71-57-73(84-62-71)63(5)85-74(81)52-40-56-78(61-70-48-38-51-76(83)88-70)60-68(80)45-33-30-36-50-75(82)87-69(46-34-28-20-16-12-8-3)47-35-29-21-17-13-9-4/h63-64,66-71,73,79-80H,6-62H2,1-5H3/t63?,66?,67?,68?,70?,71?,73-/m0/s1. The summed E-state index contributed by atoms with van der Waals surface area (Å²) < 4.78 is 31.0. The van der Waals surface area contributed by atoms with Crippen LogP contribution in [0.3, 0.4) is 0 Å². The SMILES string of the molecule is CCCCCCCCCCC(O)CN(CCCC(OC1CO[C@H](C(C)OC(=O)CCCN(CC(O)CCCCCC(=O)OC(CCCCCCCC)CCCCCCCC)CC2CCCC(=O)O2)C1)=C1CCC1)CC(CCCCCCCCCC)C1CC1. The summed E-state index contributed by atoms with van der Waals surface area (Å²) in [5, 5.41) is 22.8. The quantitative estimate of drug-likeness (QED) is 0.0259. The molecule has 2 heterocycles. The van der Waals surface area contributed by atoms with Gasteiger partial charge in [0, 0.05) is 58.3 Å². The molecule has 2 saturated carbocycles. The number of aliphatic hydroxyl groups excluding tert-OH is 2. The van der Waals surface area contributed by atoms with E-state index in [0.29, 0.717) is 58.3 Å². The molecule has 2 aliphatic heterocycles. The lowest BCUT2D eigenvalue weighted by atomic mass is 9.90. The van der Waals surface area contributed by atoms with Crippen molar-refractivity contribution >= 4 is 17.9 Å². The van der Waals surface area contributed by atoms with E-state index in [1.54, 1.807) is 0 Å². The maximum absolute atomic E-state index is 13.4. The third-order valence-corrected chi connectivity index (χ3v) is 19.9. The molecule has 0 radical (unpaired) electrons. The molecule has 0 aromatic carbocycles. The summed E-state index contributed by atoms with van der Waals surface area (Å²) in [4.78, 5) is 43.5. The number of rotatable bonds is 60. The molecular weight excluding hydrogens is 1100 g/mol. The van der Waals surface area contributed by atoms with Crippen molar-refractivity contribution in [2.75, 3.05) is 45.9 Å². The largest absolute Gasteiger partial charge is 0.492 e. The summed E-state index contributed by atoms with van der Waals surface area (Å²) in [5.41, 5.74) is 1.45. The fourth-order valence-electron chi connectivity index (χ4n) is 14.0. The minimum Gasteiger partial charge on any atom is -0.492 e. The molecule has 0 aromatic heterocycles. The molecular formula is C76H140N2O10. The van der Waals surface area contributed by atoms with Crippen LogP contribution >= 0.6 is 0 Å². The van der Waals surface area contributed by atoms with Crippen molar-refractivity contribution in [2.45, 2.75) is 398 Å². The van der Waals surface area contributed by atoms with E-state index in [4.69, 9.17) is 23.7 Å². The molecule has 4 fully saturated rings. The predicted molar refractivity (Wildman–Crippen MR) is 362 cm³/mol. The van der Waals surface area contributed by atoms with E-state index in [-0.39, 0.29) is 54.8 Å². The van der Waals surface area contributed by atoms with Gasteiger partial charge >= 0.3 is 17.9 Å². The topological polar surface area (TPSA) is 144 Å². The lowest BCUT2D eigenvalue weighted by Gasteiger charge is -2.31. The van der Waals surface area contributed by atoms with Gasteiger partial charge in [0.1, 0.15) is 24.4 Å². The molecule has 12 nitrogen and oxygen atoms in total. The summed E-state index contributed by atoms with van der Waals surface area (Å²) in [6.07, 6.45) is 53.5. The minimum absolute atomic E-state index is 0.0255. The average molecular weight is 1240 g/mol. The first-order valence-corrected chi connectivity index (χ1v) is 38.4. The van der Waals surface area contributed by atoms with Crippen molar-refractivity contribution in [3.8, 4) is 0 Å². The molecule has 0 spiro atoms. The van der Waals surface area contributed by atoms with Crippen molar-refractivity contribution < 1.29 is 48.3 Å². The number of carbonyl (C=O) groups excluding carboxylic acids is 3. The Morgan fingerprint density at radius 3 is 1.53 bits per heavy atom. The number of hydrogen-bond donors (Lipinski definition) is 2. The molecule has 0 amide bonds. The molecule has 12 heteroatoms. The highest BCUT2D eigenvalue weighted by Crippen LogP contribution is 2.40. The molecule has 88 heavy (non-hydrogen) atoms. The molecule has 4 aliphatic rings. The van der Waals surface area contributed by atoms with Crippen LogP contribution in [0.2, 0.25) is 0 Å². The fraction of sp³-hybridized carbons (Fsp3) is 0.934. The maximum Gasteiger partial charge on any atom is 0.306 e. The van der Waals surface area contributed by atoms with E-state index >= 15 is 0 Å². The molecule has 2 aliphatic carbocycles. The Hall–Kier alpha value is -2.25. The van der Waals surface area contributed by atoms with Gasteiger partial charge in [0.2, 0.25) is 0 Å². The van der Waals surface area contributed by atoms with Crippen LogP contribution in [-0.4, -0.2) is 127 Å². The maximum atomic E-state index is 13.4. The number of allylic oxidation sites excluding steroid dienone is 2. The lowest BCUT2D eigenvalue weighted by Crippen LogP contribution is -2.41. The number of hydrogen-bond acceptors (Lipinski definition) is 12. The number of nitrogens with zero attached hydrogens (tertiary/aromatic N) is 2. The molecule has 7 atom stereocenters. The normalized spacial score (nSPS) is 19.3. The Morgan fingerprint density at radius 2 is 1.00 bits per heavy atom. The third-order valence-electron chi connectivity index (χ3n) is 19.9. The van der Waals surface area contributed by atoms with Crippen LogP contribution in [0, 0.1) is 11.8 Å². The van der Waals surface area contributed by atoms with Gasteiger partial charge in [-0.1, -0.05) is 207 Å².